The molecule has 1 aliphatic heterocycles. The maximum atomic E-state index is 13.2. The van der Waals surface area contributed by atoms with Crippen molar-refractivity contribution in [3.8, 4) is 11.5 Å². The molecule has 9 nitrogen and oxygen atoms in total. The van der Waals surface area contributed by atoms with Gasteiger partial charge in [-0.1, -0.05) is 6.07 Å². The van der Waals surface area contributed by atoms with Crippen molar-refractivity contribution in [2.75, 3.05) is 40.4 Å². The summed E-state index contributed by atoms with van der Waals surface area (Å²) in [5, 5.41) is 4.24. The van der Waals surface area contributed by atoms with Crippen molar-refractivity contribution in [1.82, 2.24) is 19.0 Å². The summed E-state index contributed by atoms with van der Waals surface area (Å²) in [6, 6.07) is 5.40. The van der Waals surface area contributed by atoms with E-state index in [2.05, 4.69) is 5.10 Å². The fraction of sp³-hybridized carbons (Fsp3) is 0.524. The summed E-state index contributed by atoms with van der Waals surface area (Å²) in [7, 11) is 1.18. The van der Waals surface area contributed by atoms with Gasteiger partial charge in [-0.3, -0.25) is 9.48 Å². The molecular weight excluding hydrogens is 420 g/mol. The van der Waals surface area contributed by atoms with Gasteiger partial charge in [0.2, 0.25) is 15.9 Å². The van der Waals surface area contributed by atoms with E-state index in [1.807, 2.05) is 6.07 Å². The topological polar surface area (TPSA) is 94.0 Å². The van der Waals surface area contributed by atoms with Crippen molar-refractivity contribution in [1.29, 1.82) is 0 Å². The number of aryl methyl sites for hydroxylation is 2. The third kappa shape index (κ3) is 4.69. The van der Waals surface area contributed by atoms with Gasteiger partial charge in [0.15, 0.2) is 11.5 Å². The smallest absolute Gasteiger partial charge is 0.246 e. The molecule has 1 aromatic heterocycles. The Bertz CT molecular complexity index is 1060. The first-order valence-corrected chi connectivity index (χ1v) is 11.6. The van der Waals surface area contributed by atoms with Gasteiger partial charge >= 0.3 is 0 Å². The van der Waals surface area contributed by atoms with Crippen molar-refractivity contribution in [2.24, 2.45) is 7.05 Å². The third-order valence-corrected chi connectivity index (χ3v) is 7.80. The van der Waals surface area contributed by atoms with E-state index in [9.17, 15) is 13.2 Å². The highest BCUT2D eigenvalue weighted by Gasteiger charge is 2.32. The predicted octanol–water partition coefficient (Wildman–Crippen LogP) is 1.52. The molecule has 1 amide bonds. The molecule has 0 spiro atoms. The van der Waals surface area contributed by atoms with Crippen molar-refractivity contribution in [2.45, 2.75) is 31.6 Å². The van der Waals surface area contributed by atoms with Gasteiger partial charge in [0.05, 0.1) is 32.0 Å². The second-order valence-corrected chi connectivity index (χ2v) is 9.50. The Hall–Kier alpha value is -2.59. The lowest BCUT2D eigenvalue weighted by Gasteiger charge is -2.22. The number of hydrogen-bond acceptors (Lipinski definition) is 6. The molecule has 1 aliphatic rings. The van der Waals surface area contributed by atoms with Crippen LogP contribution in [0.5, 0.6) is 11.5 Å². The summed E-state index contributed by atoms with van der Waals surface area (Å²) in [5.74, 6) is 1.14. The summed E-state index contributed by atoms with van der Waals surface area (Å²) >= 11 is 0. The van der Waals surface area contributed by atoms with Gasteiger partial charge in [0.1, 0.15) is 4.90 Å². The maximum Gasteiger partial charge on any atom is 0.246 e. The predicted molar refractivity (Wildman–Crippen MR) is 116 cm³/mol. The monoisotopic (exact) mass is 450 g/mol. The molecule has 31 heavy (non-hydrogen) atoms. The Kier molecular flexibility index (Phi) is 6.90. The molecule has 1 saturated heterocycles. The highest BCUT2D eigenvalue weighted by atomic mass is 32.2. The van der Waals surface area contributed by atoms with Gasteiger partial charge in [-0.2, -0.15) is 9.40 Å². The van der Waals surface area contributed by atoms with Crippen LogP contribution < -0.4 is 9.47 Å². The van der Waals surface area contributed by atoms with Crippen molar-refractivity contribution >= 4 is 15.9 Å². The third-order valence-electron chi connectivity index (χ3n) is 5.65. The number of methoxy groups -OCH3 is 2. The second-order valence-electron chi connectivity index (χ2n) is 7.63. The number of amides is 1. The lowest BCUT2D eigenvalue weighted by Crippen LogP contribution is -2.38. The minimum Gasteiger partial charge on any atom is -0.493 e. The highest BCUT2D eigenvalue weighted by molar-refractivity contribution is 7.89. The van der Waals surface area contributed by atoms with E-state index >= 15 is 0 Å². The minimum atomic E-state index is -3.67. The van der Waals surface area contributed by atoms with Gasteiger partial charge < -0.3 is 14.4 Å². The van der Waals surface area contributed by atoms with Crippen LogP contribution in [-0.4, -0.2) is 73.7 Å². The van der Waals surface area contributed by atoms with E-state index in [1.54, 1.807) is 56.8 Å². The lowest BCUT2D eigenvalue weighted by molar-refractivity contribution is -0.130. The number of carbonyl (C=O) groups excluding carboxylic acids is 1. The van der Waals surface area contributed by atoms with E-state index < -0.39 is 10.0 Å². The van der Waals surface area contributed by atoms with Gasteiger partial charge in [-0.05, 0) is 38.0 Å². The van der Waals surface area contributed by atoms with E-state index in [4.69, 9.17) is 9.47 Å². The molecule has 0 bridgehead atoms. The van der Waals surface area contributed by atoms with E-state index in [0.29, 0.717) is 48.9 Å². The van der Waals surface area contributed by atoms with Crippen molar-refractivity contribution in [3.05, 3.63) is 35.2 Å². The normalized spacial score (nSPS) is 15.6. The Morgan fingerprint density at radius 2 is 1.77 bits per heavy atom. The molecule has 0 N–H and O–H groups in total. The van der Waals surface area contributed by atoms with Gasteiger partial charge in [-0.15, -0.1) is 0 Å². The van der Waals surface area contributed by atoms with Crippen LogP contribution in [0.4, 0.5) is 0 Å². The molecule has 0 unspecified atom stereocenters. The van der Waals surface area contributed by atoms with E-state index in [0.717, 1.165) is 5.56 Å². The molecule has 0 radical (unpaired) electrons. The number of hydrogen-bond donors (Lipinski definition) is 0. The van der Waals surface area contributed by atoms with Crippen LogP contribution in [0.15, 0.2) is 23.1 Å². The number of benzene rings is 1. The van der Waals surface area contributed by atoms with Gasteiger partial charge in [0, 0.05) is 33.2 Å². The van der Waals surface area contributed by atoms with Gasteiger partial charge in [0.25, 0.3) is 0 Å². The fourth-order valence-corrected chi connectivity index (χ4v) is 5.79. The van der Waals surface area contributed by atoms with Crippen LogP contribution in [0.3, 0.4) is 0 Å². The largest absolute Gasteiger partial charge is 0.493 e. The average molecular weight is 451 g/mol. The van der Waals surface area contributed by atoms with Crippen molar-refractivity contribution in [3.63, 3.8) is 0 Å². The molecule has 1 aromatic carbocycles. The highest BCUT2D eigenvalue weighted by Crippen LogP contribution is 2.28. The van der Waals surface area contributed by atoms with Crippen LogP contribution >= 0.6 is 0 Å². The van der Waals surface area contributed by atoms with Crippen LogP contribution in [0.1, 0.15) is 23.4 Å². The fourth-order valence-electron chi connectivity index (χ4n) is 3.92. The standard InChI is InChI=1S/C21H30N4O5S/c1-15-21(16(2)23(3)22-15)31(27,28)25-10-6-9-24(11-12-25)20(26)14-17-7-8-18(29-4)19(13-17)30-5/h7-8,13H,6,9-12,14H2,1-5H3. The number of carbonyl (C=O) groups is 1. The average Bonchev–Trinajstić information content (AvgIpc) is 2.91. The molecule has 2 aromatic rings. The molecular formula is C21H30N4O5S. The minimum absolute atomic E-state index is 0.0415. The summed E-state index contributed by atoms with van der Waals surface area (Å²) < 4.78 is 40.1. The van der Waals surface area contributed by atoms with Crippen LogP contribution in [-0.2, 0) is 28.3 Å². The lowest BCUT2D eigenvalue weighted by atomic mass is 10.1. The molecule has 0 atom stereocenters. The zero-order valence-corrected chi connectivity index (χ0v) is 19.5. The first kappa shape index (κ1) is 23.1. The number of sulfonamides is 1. The first-order chi connectivity index (χ1) is 14.7. The maximum absolute atomic E-state index is 13.2. The van der Waals surface area contributed by atoms with Crippen LogP contribution in [0.25, 0.3) is 0 Å². The summed E-state index contributed by atoms with van der Waals surface area (Å²) in [4.78, 5) is 14.9. The molecule has 0 aliphatic carbocycles. The van der Waals surface area contributed by atoms with Gasteiger partial charge in [-0.25, -0.2) is 8.42 Å². The first-order valence-electron chi connectivity index (χ1n) is 10.2. The van der Waals surface area contributed by atoms with Crippen LogP contribution in [0, 0.1) is 13.8 Å². The Labute approximate surface area is 183 Å². The van der Waals surface area contributed by atoms with E-state index in [-0.39, 0.29) is 23.8 Å². The summed E-state index contributed by atoms with van der Waals surface area (Å²) in [6.45, 7) is 4.96. The van der Waals surface area contributed by atoms with Crippen molar-refractivity contribution < 1.29 is 22.7 Å². The number of ether oxygens (including phenoxy) is 2. The zero-order valence-electron chi connectivity index (χ0n) is 18.7. The molecule has 0 saturated carbocycles. The van der Waals surface area contributed by atoms with Crippen LogP contribution in [0.2, 0.25) is 0 Å². The molecule has 170 valence electrons. The second kappa shape index (κ2) is 9.27. The molecule has 3 rings (SSSR count). The quantitative estimate of drug-likeness (QED) is 0.662. The Balaban J connectivity index is 1.70. The molecule has 2 heterocycles. The molecule has 10 heteroatoms. The molecule has 1 fully saturated rings. The number of aromatic nitrogens is 2. The number of rotatable bonds is 6. The number of nitrogens with zero attached hydrogens (tertiary/aromatic N) is 4. The van der Waals surface area contributed by atoms with E-state index in [1.165, 1.54) is 4.31 Å². The SMILES string of the molecule is COc1ccc(CC(=O)N2CCCN(S(=O)(=O)c3c(C)nn(C)c3C)CC2)cc1OC. The zero-order chi connectivity index (χ0) is 22.8. The Morgan fingerprint density at radius 3 is 2.39 bits per heavy atom. The Morgan fingerprint density at radius 1 is 1.06 bits per heavy atom. The summed E-state index contributed by atoms with van der Waals surface area (Å²) in [6.07, 6.45) is 0.795. The summed E-state index contributed by atoms with van der Waals surface area (Å²) in [5.41, 5.74) is 1.92.